The van der Waals surface area contributed by atoms with E-state index in [4.69, 9.17) is 9.84 Å². The number of fused-ring (bicyclic) bond motifs is 2. The highest BCUT2D eigenvalue weighted by atomic mass is 32.1. The number of para-hydroxylation sites is 2. The summed E-state index contributed by atoms with van der Waals surface area (Å²) in [5, 5.41) is 82.9. The third-order valence-electron chi connectivity index (χ3n) is 19.1. The number of aliphatic hydroxyl groups excluding tert-OH is 1. The number of aromatic amines is 2. The van der Waals surface area contributed by atoms with E-state index in [1.165, 1.54) is 19.2 Å². The number of H-pyrrole nitrogens is 2. The van der Waals surface area contributed by atoms with Gasteiger partial charge in [0.2, 0.25) is 82.7 Å². The first-order valence-electron chi connectivity index (χ1n) is 39.9. The zero-order chi connectivity index (χ0) is 93.2. The summed E-state index contributed by atoms with van der Waals surface area (Å²) in [6.07, 6.45) is -3.48. The summed E-state index contributed by atoms with van der Waals surface area (Å²) in [5.41, 5.74) is 2.21. The normalized spacial score (nSPS) is 14.3. The van der Waals surface area contributed by atoms with Gasteiger partial charge in [-0.1, -0.05) is 84.0 Å². The lowest BCUT2D eigenvalue weighted by molar-refractivity contribution is -0.145. The van der Waals surface area contributed by atoms with Gasteiger partial charge in [0.05, 0.1) is 25.5 Å². The van der Waals surface area contributed by atoms with Crippen molar-refractivity contribution in [2.24, 2.45) is 17.8 Å². The number of nitrogens with one attached hydrogen (secondary N) is 16. The molecule has 2 heterocycles. The second-order valence-electron chi connectivity index (χ2n) is 30.8. The summed E-state index contributed by atoms with van der Waals surface area (Å²) < 4.78 is 20.4. The zero-order valence-corrected chi connectivity index (χ0v) is 71.8. The molecular formula is C81H109FN16O25S2. The smallest absolute Gasteiger partial charge is 0.328 e. The molecule has 125 heavy (non-hydrogen) atoms. The van der Waals surface area contributed by atoms with Gasteiger partial charge in [0, 0.05) is 91.3 Å². The van der Waals surface area contributed by atoms with Crippen LogP contribution >= 0.6 is 25.3 Å². The molecule has 2 aromatic heterocycles. The number of carboxylic acid groups (broad SMARTS) is 4. The summed E-state index contributed by atoms with van der Waals surface area (Å²) in [6, 6.07) is -2.75. The van der Waals surface area contributed by atoms with Crippen LogP contribution in [0.25, 0.3) is 21.8 Å². The first-order valence-corrected chi connectivity index (χ1v) is 41.2. The van der Waals surface area contributed by atoms with Crippen LogP contribution in [0.2, 0.25) is 0 Å². The van der Waals surface area contributed by atoms with Crippen molar-refractivity contribution in [1.82, 2.24) is 84.4 Å². The van der Waals surface area contributed by atoms with E-state index in [0.717, 1.165) is 26.0 Å². The number of hydrogen-bond acceptors (Lipinski definition) is 23. The number of aliphatic hydroxyl groups is 1. The summed E-state index contributed by atoms with van der Waals surface area (Å²) in [7, 11) is 0. The maximum Gasteiger partial charge on any atom is 0.328 e. The Morgan fingerprint density at radius 3 is 1.37 bits per heavy atom. The molecule has 0 unspecified atom stereocenters. The third-order valence-corrected chi connectivity index (χ3v) is 19.8. The van der Waals surface area contributed by atoms with Crippen LogP contribution in [0.4, 0.5) is 4.39 Å². The monoisotopic (exact) mass is 1790 g/mol. The van der Waals surface area contributed by atoms with Crippen LogP contribution < -0.4 is 79.2 Å². The second-order valence-corrected chi connectivity index (χ2v) is 31.5. The van der Waals surface area contributed by atoms with E-state index in [1.54, 1.807) is 96.3 Å². The van der Waals surface area contributed by atoms with Crippen LogP contribution in [0.1, 0.15) is 137 Å². The molecule has 5 rings (SSSR count). The molecule has 41 nitrogen and oxygen atoms in total. The predicted octanol–water partition coefficient (Wildman–Crippen LogP) is -1.17. The fraction of sp³-hybridized carbons (Fsp3) is 0.494. The molecule has 3 aromatic carbocycles. The van der Waals surface area contributed by atoms with Gasteiger partial charge in [-0.05, 0) is 98.2 Å². The van der Waals surface area contributed by atoms with Crippen molar-refractivity contribution in [2.45, 2.75) is 218 Å². The quantitative estimate of drug-likeness (QED) is 0.0124. The standard InChI is InChI=1S/C81H109FN16O25S2/c1-38(2)25-53(71(111)86-35-63(102)89-52(22-24-65(105)106)72(112)92-54(26-39(3)4)77(117)97-68(40(5)6)80(120)94-56(29-46-34-84-51-18-13-11-16-48(46)51)74(114)96-60(37-125)79(119)98-69(42(8)99)81(121)122)91-75(115)57(30-62(101)85-32-44-21-23-61(49(82)27-44)123-67(109)20-14-19-64(103)104)93-73(113)55(28-45-33-83-50-17-12-10-15-47(45)50)90-70(110)41(7)87-78(118)59(36-124)95-76(116)58(31-66(107)108)88-43(9)100/h10-13,15-18,21,23,27,33-34,38-42,52-60,68-69,83-84,99,124-125H,14,19-20,22,24-26,28-32,35-37H2,1-9H3,(H,85,101)(H,86,111)(H,87,118)(H,88,100)(H,89,102)(H,90,110)(H,91,115)(H,92,112)(H,93,113)(H,94,120)(H,95,116)(H,96,114)(H,97,117)(H,98,119)(H,103,104)(H,105,106)(H,107,108)(H,121,122)/t41-,42+,52-,53-,54-,55-,56-,57-,58-,59-,60-,68-,69-/m0/s1. The second kappa shape index (κ2) is 50.1. The van der Waals surface area contributed by atoms with Gasteiger partial charge in [0.25, 0.3) is 0 Å². The minimum absolute atomic E-state index is 0.0630. The van der Waals surface area contributed by atoms with Crippen LogP contribution in [0.15, 0.2) is 79.1 Å². The Morgan fingerprint density at radius 2 is 0.888 bits per heavy atom. The maximum absolute atomic E-state index is 15.4. The molecule has 21 N–H and O–H groups in total. The van der Waals surface area contributed by atoms with Crippen molar-refractivity contribution >= 4 is 160 Å². The SMILES string of the molecule is CC(=O)N[C@@H](CC(=O)O)C(=O)N[C@@H](CS)C(=O)N[C@@H](C)C(=O)N[C@@H](Cc1c[nH]c2ccccc12)C(=O)N[C@@H](CC(=O)NCc1ccc(OC(=O)CCCC(=O)O)c(F)c1)C(=O)N[C@@H](CC(C)C)C(=O)NCC(=O)N[C@@H](CCC(=O)O)C(=O)N[C@@H](CC(C)C)C(=O)N[C@H](C(=O)N[C@@H](Cc1c[nH]c2ccccc12)C(=O)N[C@@H](CS)C(=O)N[C@H](C(=O)O)[C@@H](C)O)C(C)C. The molecule has 682 valence electrons. The molecule has 0 aliphatic heterocycles. The van der Waals surface area contributed by atoms with Gasteiger partial charge in [-0.2, -0.15) is 25.3 Å². The molecule has 13 atom stereocenters. The Kier molecular flexibility index (Phi) is 41.2. The number of aromatic nitrogens is 2. The lowest BCUT2D eigenvalue weighted by Gasteiger charge is -2.29. The van der Waals surface area contributed by atoms with Gasteiger partial charge in [-0.3, -0.25) is 86.3 Å². The number of carbonyl (C=O) groups is 19. The van der Waals surface area contributed by atoms with Crippen LogP contribution in [0.3, 0.4) is 0 Å². The number of thiol groups is 2. The molecule has 0 aliphatic rings. The number of carboxylic acids is 4. The zero-order valence-electron chi connectivity index (χ0n) is 70.0. The fourth-order valence-corrected chi connectivity index (χ4v) is 13.2. The molecule has 0 fully saturated rings. The Balaban J connectivity index is 1.41. The van der Waals surface area contributed by atoms with Gasteiger partial charge >= 0.3 is 29.8 Å². The van der Waals surface area contributed by atoms with E-state index in [0.29, 0.717) is 32.9 Å². The number of esters is 1. The number of rotatable bonds is 52. The highest BCUT2D eigenvalue weighted by molar-refractivity contribution is 7.80. The van der Waals surface area contributed by atoms with Crippen molar-refractivity contribution in [3.63, 3.8) is 0 Å². The molecule has 5 aromatic rings. The molecule has 0 saturated carbocycles. The molecule has 0 saturated heterocycles. The number of aliphatic carboxylic acids is 4. The lowest BCUT2D eigenvalue weighted by atomic mass is 9.98. The molecule has 0 bridgehead atoms. The summed E-state index contributed by atoms with van der Waals surface area (Å²) in [6.45, 7) is 11.6. The minimum atomic E-state index is -2.01. The lowest BCUT2D eigenvalue weighted by Crippen LogP contribution is -2.61. The van der Waals surface area contributed by atoms with Crippen molar-refractivity contribution in [2.75, 3.05) is 18.1 Å². The maximum atomic E-state index is 15.4. The Morgan fingerprint density at radius 1 is 0.440 bits per heavy atom. The highest BCUT2D eigenvalue weighted by Gasteiger charge is 2.39. The number of amides is 14. The molecule has 0 radical (unpaired) electrons. The number of halogens is 1. The molecule has 14 amide bonds. The van der Waals surface area contributed by atoms with Gasteiger partial charge in [0.15, 0.2) is 17.6 Å². The fourth-order valence-electron chi connectivity index (χ4n) is 12.6. The van der Waals surface area contributed by atoms with Gasteiger partial charge in [0.1, 0.15) is 66.5 Å². The van der Waals surface area contributed by atoms with Crippen LogP contribution in [0, 0.1) is 23.6 Å². The first-order chi connectivity index (χ1) is 58.9. The van der Waals surface area contributed by atoms with E-state index in [2.05, 4.69) is 110 Å². The van der Waals surface area contributed by atoms with Crippen molar-refractivity contribution < 1.29 is 126 Å². The van der Waals surface area contributed by atoms with Gasteiger partial charge < -0.3 is 115 Å². The number of benzene rings is 3. The van der Waals surface area contributed by atoms with Crippen LogP contribution in [0.5, 0.6) is 5.75 Å². The van der Waals surface area contributed by atoms with E-state index in [-0.39, 0.29) is 62.2 Å². The van der Waals surface area contributed by atoms with Crippen LogP contribution in [-0.2, 0) is 110 Å². The topological polar surface area (TPSA) is 635 Å². The third kappa shape index (κ3) is 34.1. The molecule has 0 aliphatic carbocycles. The summed E-state index contributed by atoms with van der Waals surface area (Å²) in [4.78, 5) is 261. The first kappa shape index (κ1) is 103. The van der Waals surface area contributed by atoms with E-state index in [1.807, 2.05) is 0 Å². The van der Waals surface area contributed by atoms with Crippen molar-refractivity contribution in [3.05, 3.63) is 102 Å². The van der Waals surface area contributed by atoms with E-state index >= 15 is 4.39 Å². The average molecular weight is 1790 g/mol. The molecular weight excluding hydrogens is 1680 g/mol. The van der Waals surface area contributed by atoms with Crippen molar-refractivity contribution in [3.8, 4) is 5.75 Å². The Bertz CT molecular complexity index is 4720. The van der Waals surface area contributed by atoms with Gasteiger partial charge in [-0.15, -0.1) is 0 Å². The number of carbonyl (C=O) groups excluding carboxylic acids is 15. The number of ether oxygens (including phenoxy) is 1. The Hall–Kier alpha value is -12.7. The largest absolute Gasteiger partial charge is 0.481 e. The van der Waals surface area contributed by atoms with Crippen LogP contribution in [-0.4, -0.2) is 245 Å². The predicted molar refractivity (Wildman–Crippen MR) is 451 cm³/mol. The molecule has 0 spiro atoms. The number of hydrogen-bond donors (Lipinski definition) is 23. The van der Waals surface area contributed by atoms with E-state index < -0.39 is 259 Å². The summed E-state index contributed by atoms with van der Waals surface area (Å²) in [5.74, 6) is -25.2. The minimum Gasteiger partial charge on any atom is -0.481 e. The summed E-state index contributed by atoms with van der Waals surface area (Å²) >= 11 is 8.31. The van der Waals surface area contributed by atoms with Gasteiger partial charge in [-0.25, -0.2) is 9.18 Å². The molecule has 44 heteroatoms. The average Bonchev–Trinajstić information content (AvgIpc) is 1.71. The Labute approximate surface area is 727 Å². The van der Waals surface area contributed by atoms with Crippen molar-refractivity contribution in [1.29, 1.82) is 0 Å². The highest BCUT2D eigenvalue weighted by Crippen LogP contribution is 2.24. The van der Waals surface area contributed by atoms with E-state index in [9.17, 15) is 112 Å².